The minimum atomic E-state index is -1.20. The van der Waals surface area contributed by atoms with Crippen molar-refractivity contribution in [3.05, 3.63) is 287 Å². The monoisotopic (exact) mass is 1140 g/mol. The Morgan fingerprint density at radius 2 is 0.476 bits per heavy atom. The molecule has 2 fully saturated rings. The van der Waals surface area contributed by atoms with Crippen LogP contribution in [0.1, 0.15) is 44.5 Å². The molecule has 13 heteroatoms. The van der Waals surface area contributed by atoms with E-state index in [0.29, 0.717) is 13.2 Å². The van der Waals surface area contributed by atoms with E-state index in [9.17, 15) is 5.11 Å². The second-order valence-electron chi connectivity index (χ2n) is 21.0. The van der Waals surface area contributed by atoms with E-state index in [-0.39, 0.29) is 66.1 Å². The summed E-state index contributed by atoms with van der Waals surface area (Å²) in [7, 11) is 0. The number of hydrogen-bond acceptors (Lipinski definition) is 13. The molecule has 0 aromatic heterocycles. The van der Waals surface area contributed by atoms with Gasteiger partial charge in [-0.3, -0.25) is 0 Å². The zero-order valence-electron chi connectivity index (χ0n) is 47.3. The number of benzene rings is 8. The molecule has 2 aliphatic rings. The highest BCUT2D eigenvalue weighted by molar-refractivity contribution is 5.20. The topological polar surface area (TPSA) is 131 Å². The van der Waals surface area contributed by atoms with Gasteiger partial charge in [-0.05, 0) is 44.5 Å². The molecule has 2 heterocycles. The number of rotatable bonds is 32. The average Bonchev–Trinajstić information content (AvgIpc) is 2.58. The van der Waals surface area contributed by atoms with Gasteiger partial charge in [-0.2, -0.15) is 0 Å². The molecule has 8 aromatic carbocycles. The van der Waals surface area contributed by atoms with Gasteiger partial charge in [-0.25, -0.2) is 0 Å². The highest BCUT2D eigenvalue weighted by Gasteiger charge is 2.51. The SMILES string of the molecule is OC(CO[C@H]1O[C@H](COCc2ccccc2)[C@@H](OCc2ccccc2)[C@H](OCc2ccccc2)[C@@H]1OCc1ccccc1)CO[C@H]1O[C@H](COCc2ccccc2)[C@@H](OCc2ccccc2)[C@H](OCc2ccccc2)[C@@H]1OCc1ccccc1. The third-order valence-electron chi connectivity index (χ3n) is 14.6. The standard InChI is InChI=1S/C71H76O13/c72-61(49-81-70-68(79-47-59-37-21-7-22-38-59)66(77-45-57-33-17-5-18-34-57)64(75-43-55-29-13-3-14-30-55)62(83-70)51-73-41-53-25-9-1-10-26-53)50-82-71-69(80-48-60-39-23-8-24-40-60)67(78-46-58-35-19-6-20-36-58)65(76-44-56-31-15-4-16-32-56)63(84-71)52-74-42-54-27-11-2-12-28-54/h1-40,61-72H,41-52H2/t62-,63-,64-,65-,66+,67+,68+,69+,70+,71+/m1/s1. The molecule has 10 rings (SSSR count). The first-order chi connectivity index (χ1) is 41.6. The second kappa shape index (κ2) is 33.1. The minimum absolute atomic E-state index is 0.139. The molecule has 0 bridgehead atoms. The van der Waals surface area contributed by atoms with Gasteiger partial charge in [-0.15, -0.1) is 0 Å². The van der Waals surface area contributed by atoms with Crippen LogP contribution in [-0.2, 0) is 110 Å². The third kappa shape index (κ3) is 18.6. The first-order valence-corrected chi connectivity index (χ1v) is 29.0. The molecule has 0 saturated carbocycles. The fourth-order valence-corrected chi connectivity index (χ4v) is 10.2. The average molecular weight is 1140 g/mol. The molecule has 2 aliphatic heterocycles. The maximum absolute atomic E-state index is 12.1. The van der Waals surface area contributed by atoms with E-state index in [1.165, 1.54) is 0 Å². The predicted molar refractivity (Wildman–Crippen MR) is 318 cm³/mol. The summed E-state index contributed by atoms with van der Waals surface area (Å²) in [5.41, 5.74) is 7.82. The van der Waals surface area contributed by atoms with Crippen LogP contribution in [0, 0.1) is 0 Å². The number of ether oxygens (including phenoxy) is 12. The Hall–Kier alpha value is -6.76. The molecule has 0 spiro atoms. The van der Waals surface area contributed by atoms with E-state index in [4.69, 9.17) is 56.8 Å². The lowest BCUT2D eigenvalue weighted by Crippen LogP contribution is -2.62. The van der Waals surface area contributed by atoms with Gasteiger partial charge >= 0.3 is 0 Å². The highest BCUT2D eigenvalue weighted by Crippen LogP contribution is 2.34. The molecule has 438 valence electrons. The van der Waals surface area contributed by atoms with Gasteiger partial charge in [0.15, 0.2) is 12.6 Å². The Morgan fingerprint density at radius 1 is 0.262 bits per heavy atom. The van der Waals surface area contributed by atoms with Crippen LogP contribution in [0.15, 0.2) is 243 Å². The molecular formula is C71H76O13. The Bertz CT molecular complexity index is 2800. The van der Waals surface area contributed by atoms with Gasteiger partial charge in [0.2, 0.25) is 0 Å². The maximum Gasteiger partial charge on any atom is 0.187 e. The largest absolute Gasteiger partial charge is 0.388 e. The van der Waals surface area contributed by atoms with Crippen molar-refractivity contribution in [1.82, 2.24) is 0 Å². The quantitative estimate of drug-likeness (QED) is 0.0430. The summed E-state index contributed by atoms with van der Waals surface area (Å²) in [5, 5.41) is 12.1. The van der Waals surface area contributed by atoms with Gasteiger partial charge in [0.05, 0.1) is 79.3 Å². The molecule has 0 radical (unpaired) electrons. The van der Waals surface area contributed by atoms with E-state index >= 15 is 0 Å². The summed E-state index contributed by atoms with van der Waals surface area (Å²) in [5.74, 6) is 0. The van der Waals surface area contributed by atoms with Gasteiger partial charge in [0.25, 0.3) is 0 Å². The minimum Gasteiger partial charge on any atom is -0.388 e. The van der Waals surface area contributed by atoms with Crippen LogP contribution in [0.25, 0.3) is 0 Å². The lowest BCUT2D eigenvalue weighted by atomic mass is 9.97. The van der Waals surface area contributed by atoms with Crippen molar-refractivity contribution in [2.24, 2.45) is 0 Å². The zero-order chi connectivity index (χ0) is 57.2. The summed E-state index contributed by atoms with van der Waals surface area (Å²) in [6, 6.07) is 79.7. The van der Waals surface area contributed by atoms with Crippen LogP contribution in [-0.4, -0.2) is 99.0 Å². The van der Waals surface area contributed by atoms with Gasteiger partial charge in [-0.1, -0.05) is 243 Å². The normalized spacial score (nSPS) is 22.5. The molecule has 10 atom stereocenters. The van der Waals surface area contributed by atoms with Crippen LogP contribution in [0.3, 0.4) is 0 Å². The highest BCUT2D eigenvalue weighted by atomic mass is 16.7. The lowest BCUT2D eigenvalue weighted by Gasteiger charge is -2.46. The maximum atomic E-state index is 12.1. The zero-order valence-corrected chi connectivity index (χ0v) is 47.3. The Balaban J connectivity index is 0.917. The van der Waals surface area contributed by atoms with E-state index in [0.717, 1.165) is 44.5 Å². The van der Waals surface area contributed by atoms with E-state index in [1.54, 1.807) is 0 Å². The summed E-state index contributed by atoms with van der Waals surface area (Å²) in [6.45, 7) is 2.01. The Morgan fingerprint density at radius 3 is 0.726 bits per heavy atom. The Labute approximate surface area is 493 Å². The molecular weight excluding hydrogens is 1060 g/mol. The summed E-state index contributed by atoms with van der Waals surface area (Å²) < 4.78 is 81.6. The molecule has 0 amide bonds. The summed E-state index contributed by atoms with van der Waals surface area (Å²) in [6.07, 6.45) is -9.27. The van der Waals surface area contributed by atoms with Crippen molar-refractivity contribution < 1.29 is 61.9 Å². The van der Waals surface area contributed by atoms with Crippen LogP contribution in [0.5, 0.6) is 0 Å². The smallest absolute Gasteiger partial charge is 0.187 e. The molecule has 0 unspecified atom stereocenters. The molecule has 1 N–H and O–H groups in total. The van der Waals surface area contributed by atoms with Crippen LogP contribution >= 0.6 is 0 Å². The van der Waals surface area contributed by atoms with Crippen molar-refractivity contribution in [2.75, 3.05) is 26.4 Å². The number of hydrogen-bond donors (Lipinski definition) is 1. The van der Waals surface area contributed by atoms with Crippen molar-refractivity contribution in [1.29, 1.82) is 0 Å². The summed E-state index contributed by atoms with van der Waals surface area (Å²) >= 11 is 0. The predicted octanol–water partition coefficient (Wildman–Crippen LogP) is 11.8. The molecule has 2 saturated heterocycles. The van der Waals surface area contributed by atoms with E-state index in [2.05, 4.69) is 0 Å². The van der Waals surface area contributed by atoms with Gasteiger partial charge in [0.1, 0.15) is 54.9 Å². The number of aliphatic hydroxyl groups is 1. The van der Waals surface area contributed by atoms with Gasteiger partial charge < -0.3 is 61.9 Å². The summed E-state index contributed by atoms with van der Waals surface area (Å²) in [4.78, 5) is 0. The third-order valence-corrected chi connectivity index (χ3v) is 14.6. The lowest BCUT2D eigenvalue weighted by molar-refractivity contribution is -0.338. The van der Waals surface area contributed by atoms with Crippen molar-refractivity contribution >= 4 is 0 Å². The van der Waals surface area contributed by atoms with E-state index in [1.807, 2.05) is 243 Å². The van der Waals surface area contributed by atoms with Crippen LogP contribution in [0.2, 0.25) is 0 Å². The molecule has 13 nitrogen and oxygen atoms in total. The first-order valence-electron chi connectivity index (χ1n) is 29.0. The first kappa shape index (κ1) is 60.4. The fraction of sp³-hybridized carbons (Fsp3) is 0.324. The van der Waals surface area contributed by atoms with Crippen molar-refractivity contribution in [3.63, 3.8) is 0 Å². The van der Waals surface area contributed by atoms with E-state index < -0.39 is 67.5 Å². The van der Waals surface area contributed by atoms with Gasteiger partial charge in [0, 0.05) is 0 Å². The van der Waals surface area contributed by atoms with Crippen molar-refractivity contribution in [2.45, 2.75) is 120 Å². The van der Waals surface area contributed by atoms with Crippen LogP contribution in [0.4, 0.5) is 0 Å². The Kier molecular flexibility index (Phi) is 23.8. The number of aliphatic hydroxyl groups excluding tert-OH is 1. The fourth-order valence-electron chi connectivity index (χ4n) is 10.2. The molecule has 8 aromatic rings. The molecule has 84 heavy (non-hydrogen) atoms. The van der Waals surface area contributed by atoms with Crippen molar-refractivity contribution in [3.8, 4) is 0 Å². The van der Waals surface area contributed by atoms with Crippen LogP contribution < -0.4 is 0 Å². The molecule has 0 aliphatic carbocycles. The second-order valence-corrected chi connectivity index (χ2v) is 21.0.